The Morgan fingerprint density at radius 2 is 1.57 bits per heavy atom. The normalized spacial score (nSPS) is 11.4. The van der Waals surface area contributed by atoms with Crippen molar-refractivity contribution in [1.29, 1.82) is 0 Å². The van der Waals surface area contributed by atoms with Crippen LogP contribution in [0.25, 0.3) is 10.8 Å². The van der Waals surface area contributed by atoms with Crippen LogP contribution in [0.15, 0.2) is 42.5 Å². The molecular formula is C15H18N2O3S. The van der Waals surface area contributed by atoms with Crippen LogP contribution in [0.4, 0.5) is 5.69 Å². The smallest absolute Gasteiger partial charge is 0.171 e. The number of hydrogen-bond donors (Lipinski definition) is 5. The molecule has 2 rings (SSSR count). The molecule has 21 heavy (non-hydrogen) atoms. The Morgan fingerprint density at radius 1 is 0.952 bits per heavy atom. The quantitative estimate of drug-likeness (QED) is 0.527. The Morgan fingerprint density at radius 3 is 2.24 bits per heavy atom. The van der Waals surface area contributed by atoms with Gasteiger partial charge in [-0.25, -0.2) is 0 Å². The summed E-state index contributed by atoms with van der Waals surface area (Å²) in [4.78, 5) is 0. The molecule has 0 amide bonds. The van der Waals surface area contributed by atoms with Crippen LogP contribution < -0.4 is 10.6 Å². The largest absolute Gasteiger partial charge is 0.394 e. The maximum atomic E-state index is 9.29. The summed E-state index contributed by atoms with van der Waals surface area (Å²) >= 11 is 5.19. The monoisotopic (exact) mass is 306 g/mol. The van der Waals surface area contributed by atoms with Crippen molar-refractivity contribution in [3.8, 4) is 0 Å². The van der Waals surface area contributed by atoms with Gasteiger partial charge in [-0.1, -0.05) is 36.4 Å². The molecule has 0 aliphatic carbocycles. The Bertz CT molecular complexity index is 616. The zero-order valence-electron chi connectivity index (χ0n) is 11.4. The molecule has 5 N–H and O–H groups in total. The summed E-state index contributed by atoms with van der Waals surface area (Å²) in [5.74, 6) is 0. The van der Waals surface area contributed by atoms with Crippen LogP contribution in [-0.4, -0.2) is 45.8 Å². The van der Waals surface area contributed by atoms with Gasteiger partial charge >= 0.3 is 0 Å². The average molecular weight is 306 g/mol. The molecule has 0 atom stereocenters. The molecular weight excluding hydrogens is 288 g/mol. The maximum absolute atomic E-state index is 9.29. The Balaban J connectivity index is 2.19. The molecule has 0 spiro atoms. The Hall–Kier alpha value is -1.73. The lowest BCUT2D eigenvalue weighted by molar-refractivity contribution is 0.0563. The number of hydrogen-bond acceptors (Lipinski definition) is 4. The molecule has 0 bridgehead atoms. The minimum Gasteiger partial charge on any atom is -0.394 e. The summed E-state index contributed by atoms with van der Waals surface area (Å²) in [5, 5.41) is 36.0. The second kappa shape index (κ2) is 6.82. The van der Waals surface area contributed by atoms with Gasteiger partial charge in [-0.3, -0.25) is 0 Å². The number of fused-ring (bicyclic) bond motifs is 1. The van der Waals surface area contributed by atoms with Gasteiger partial charge in [0.25, 0.3) is 0 Å². The molecule has 0 radical (unpaired) electrons. The van der Waals surface area contributed by atoms with E-state index in [2.05, 4.69) is 10.6 Å². The molecule has 0 heterocycles. The SMILES string of the molecule is OCC(CO)(CO)NC(=S)Nc1cccc2ccccc12. The lowest BCUT2D eigenvalue weighted by Gasteiger charge is -2.30. The predicted molar refractivity (Wildman–Crippen MR) is 87.3 cm³/mol. The predicted octanol–water partition coefficient (Wildman–Crippen LogP) is 0.842. The fourth-order valence-electron chi connectivity index (χ4n) is 2.00. The highest BCUT2D eigenvalue weighted by molar-refractivity contribution is 7.80. The number of aliphatic hydroxyl groups excluding tert-OH is 3. The zero-order valence-corrected chi connectivity index (χ0v) is 12.2. The maximum Gasteiger partial charge on any atom is 0.171 e. The minimum atomic E-state index is -1.24. The van der Waals surface area contributed by atoms with E-state index in [9.17, 15) is 15.3 Å². The Labute approximate surface area is 128 Å². The summed E-state index contributed by atoms with van der Waals surface area (Å²) in [5.41, 5.74) is -0.428. The van der Waals surface area contributed by atoms with Gasteiger partial charge in [-0.2, -0.15) is 0 Å². The second-order valence-corrected chi connectivity index (χ2v) is 5.27. The fourth-order valence-corrected chi connectivity index (χ4v) is 2.32. The van der Waals surface area contributed by atoms with Gasteiger partial charge in [0.05, 0.1) is 19.8 Å². The molecule has 0 fully saturated rings. The van der Waals surface area contributed by atoms with Gasteiger partial charge in [0.1, 0.15) is 5.54 Å². The van der Waals surface area contributed by atoms with Crippen LogP contribution in [0, 0.1) is 0 Å². The first kappa shape index (κ1) is 15.7. The molecule has 5 nitrogen and oxygen atoms in total. The fraction of sp³-hybridized carbons (Fsp3) is 0.267. The van der Waals surface area contributed by atoms with Gasteiger partial charge in [0.2, 0.25) is 0 Å². The number of rotatable bonds is 5. The molecule has 0 saturated carbocycles. The van der Waals surface area contributed by atoms with Crippen LogP contribution in [0.1, 0.15) is 0 Å². The number of benzene rings is 2. The van der Waals surface area contributed by atoms with Crippen molar-refractivity contribution in [3.05, 3.63) is 42.5 Å². The molecule has 112 valence electrons. The summed E-state index contributed by atoms with van der Waals surface area (Å²) < 4.78 is 0. The van der Waals surface area contributed by atoms with Crippen LogP contribution in [0.3, 0.4) is 0 Å². The Kier molecular flexibility index (Phi) is 5.08. The van der Waals surface area contributed by atoms with E-state index in [-0.39, 0.29) is 5.11 Å². The standard InChI is InChI=1S/C15H18N2O3S/c18-8-15(9-19,10-20)17-14(21)16-13-7-3-5-11-4-1-2-6-12(11)13/h1-7,18-20H,8-10H2,(H2,16,17,21). The molecule has 0 saturated heterocycles. The third-order valence-electron chi connectivity index (χ3n) is 3.32. The first-order chi connectivity index (χ1) is 10.1. The van der Waals surface area contributed by atoms with Gasteiger partial charge in [0.15, 0.2) is 5.11 Å². The van der Waals surface area contributed by atoms with E-state index in [1.165, 1.54) is 0 Å². The van der Waals surface area contributed by atoms with Crippen molar-refractivity contribution < 1.29 is 15.3 Å². The van der Waals surface area contributed by atoms with E-state index >= 15 is 0 Å². The van der Waals surface area contributed by atoms with Crippen molar-refractivity contribution >= 4 is 33.8 Å². The van der Waals surface area contributed by atoms with E-state index in [0.717, 1.165) is 16.5 Å². The minimum absolute atomic E-state index is 0.225. The van der Waals surface area contributed by atoms with Gasteiger partial charge in [-0.05, 0) is 23.7 Å². The number of thiocarbonyl (C=S) groups is 1. The lowest BCUT2D eigenvalue weighted by Crippen LogP contribution is -2.58. The number of anilines is 1. The van der Waals surface area contributed by atoms with Crippen molar-refractivity contribution in [3.63, 3.8) is 0 Å². The molecule has 0 aromatic heterocycles. The average Bonchev–Trinajstić information content (AvgIpc) is 2.53. The van der Waals surface area contributed by atoms with Crippen LogP contribution in [0.5, 0.6) is 0 Å². The third kappa shape index (κ3) is 3.48. The number of aliphatic hydroxyl groups is 3. The highest BCUT2D eigenvalue weighted by Gasteiger charge is 2.28. The van der Waals surface area contributed by atoms with Gasteiger partial charge < -0.3 is 26.0 Å². The molecule has 2 aromatic rings. The highest BCUT2D eigenvalue weighted by Crippen LogP contribution is 2.22. The zero-order chi connectivity index (χ0) is 15.3. The first-order valence-electron chi connectivity index (χ1n) is 6.53. The summed E-state index contributed by atoms with van der Waals surface area (Å²) in [6.07, 6.45) is 0. The molecule has 2 aromatic carbocycles. The van der Waals surface area contributed by atoms with Crippen LogP contribution in [-0.2, 0) is 0 Å². The lowest BCUT2D eigenvalue weighted by atomic mass is 10.0. The molecule has 0 unspecified atom stereocenters. The van der Waals surface area contributed by atoms with Gasteiger partial charge in [0, 0.05) is 11.1 Å². The summed E-state index contributed by atoms with van der Waals surface area (Å²) in [7, 11) is 0. The topological polar surface area (TPSA) is 84.8 Å². The summed E-state index contributed by atoms with van der Waals surface area (Å²) in [6.45, 7) is -1.30. The van der Waals surface area contributed by atoms with Gasteiger partial charge in [-0.15, -0.1) is 0 Å². The second-order valence-electron chi connectivity index (χ2n) is 4.86. The van der Waals surface area contributed by atoms with Crippen LogP contribution >= 0.6 is 12.2 Å². The van der Waals surface area contributed by atoms with Crippen molar-refractivity contribution in [1.82, 2.24) is 5.32 Å². The molecule has 0 aliphatic rings. The van der Waals surface area contributed by atoms with Crippen LogP contribution in [0.2, 0.25) is 0 Å². The first-order valence-corrected chi connectivity index (χ1v) is 6.94. The molecule has 0 aliphatic heterocycles. The van der Waals surface area contributed by atoms with Crippen molar-refractivity contribution in [2.24, 2.45) is 0 Å². The van der Waals surface area contributed by atoms with Crippen molar-refractivity contribution in [2.75, 3.05) is 25.1 Å². The summed E-state index contributed by atoms with van der Waals surface area (Å²) in [6, 6.07) is 13.6. The van der Waals surface area contributed by atoms with E-state index < -0.39 is 25.4 Å². The third-order valence-corrected chi connectivity index (χ3v) is 3.53. The highest BCUT2D eigenvalue weighted by atomic mass is 32.1. The van der Waals surface area contributed by atoms with E-state index in [1.807, 2.05) is 42.5 Å². The van der Waals surface area contributed by atoms with E-state index in [4.69, 9.17) is 12.2 Å². The van der Waals surface area contributed by atoms with E-state index in [1.54, 1.807) is 0 Å². The van der Waals surface area contributed by atoms with Crippen molar-refractivity contribution in [2.45, 2.75) is 5.54 Å². The van der Waals surface area contributed by atoms with E-state index in [0.29, 0.717) is 0 Å². The molecule has 6 heteroatoms. The number of nitrogens with one attached hydrogen (secondary N) is 2.